The number of hydrogen-bond donors (Lipinski definition) is 1. The molecule has 31 heavy (non-hydrogen) atoms. The van der Waals surface area contributed by atoms with Crippen LogP contribution in [0.4, 0.5) is 5.95 Å². The highest BCUT2D eigenvalue weighted by atomic mass is 16.3. The van der Waals surface area contributed by atoms with Gasteiger partial charge in [-0.1, -0.05) is 19.1 Å². The maximum Gasteiger partial charge on any atom is 0.257 e. The van der Waals surface area contributed by atoms with Crippen LogP contribution in [0.2, 0.25) is 0 Å². The van der Waals surface area contributed by atoms with Crippen LogP contribution in [-0.2, 0) is 6.54 Å². The summed E-state index contributed by atoms with van der Waals surface area (Å²) in [5, 5.41) is 12.3. The highest BCUT2D eigenvalue weighted by molar-refractivity contribution is 5.99. The summed E-state index contributed by atoms with van der Waals surface area (Å²) in [5.41, 5.74) is 2.36. The van der Waals surface area contributed by atoms with Gasteiger partial charge in [0.1, 0.15) is 11.5 Å². The number of anilines is 1. The standard InChI is InChI=1S/C24H25N5O2.H2/c1-16-9-11-29(12-10-16)23(30)21-15-27-24(26-14-20-8-3-17(2)31-20)28-22(21)19-6-4-18(13-25)5-7-19;/h3-8,15-16H,9-12,14H2,1-2H3,(H,26,27,28);1H. The fourth-order valence-electron chi connectivity index (χ4n) is 3.67. The van der Waals surface area contributed by atoms with Crippen molar-refractivity contribution in [3.05, 3.63) is 65.2 Å². The number of carbonyl (C=O) groups excluding carboxylic acids is 1. The molecule has 1 N–H and O–H groups in total. The molecule has 1 fully saturated rings. The van der Waals surface area contributed by atoms with Gasteiger partial charge in [-0.2, -0.15) is 5.26 Å². The van der Waals surface area contributed by atoms with Gasteiger partial charge in [-0.3, -0.25) is 4.79 Å². The number of hydrogen-bond acceptors (Lipinski definition) is 6. The Kier molecular flexibility index (Phi) is 5.99. The van der Waals surface area contributed by atoms with E-state index in [4.69, 9.17) is 9.68 Å². The zero-order valence-electron chi connectivity index (χ0n) is 17.8. The van der Waals surface area contributed by atoms with E-state index in [2.05, 4.69) is 28.3 Å². The van der Waals surface area contributed by atoms with Crippen LogP contribution in [0.15, 0.2) is 47.0 Å². The molecule has 160 valence electrons. The van der Waals surface area contributed by atoms with Gasteiger partial charge in [0.05, 0.1) is 29.4 Å². The Hall–Kier alpha value is -3.66. The lowest BCUT2D eigenvalue weighted by atomic mass is 9.98. The SMILES string of the molecule is Cc1ccc(CNc2ncc(C(=O)N3CCC(C)CC3)c(-c3ccc(C#N)cc3)n2)o1.[HH]. The summed E-state index contributed by atoms with van der Waals surface area (Å²) >= 11 is 0. The molecule has 0 aliphatic carbocycles. The van der Waals surface area contributed by atoms with Gasteiger partial charge >= 0.3 is 0 Å². The zero-order chi connectivity index (χ0) is 21.8. The van der Waals surface area contributed by atoms with Gasteiger partial charge in [0.2, 0.25) is 5.95 Å². The fraction of sp³-hybridized carbons (Fsp3) is 0.333. The zero-order valence-corrected chi connectivity index (χ0v) is 17.8. The molecule has 7 heteroatoms. The average Bonchev–Trinajstić information content (AvgIpc) is 3.23. The normalized spacial score (nSPS) is 14.3. The molecule has 0 spiro atoms. The van der Waals surface area contributed by atoms with Crippen LogP contribution in [0.1, 0.15) is 48.6 Å². The minimum absolute atomic E-state index is 0. The molecule has 2 aromatic heterocycles. The number of piperidine rings is 1. The minimum atomic E-state index is -0.0560. The van der Waals surface area contributed by atoms with E-state index in [1.807, 2.05) is 36.1 Å². The van der Waals surface area contributed by atoms with Crippen LogP contribution in [0, 0.1) is 24.2 Å². The summed E-state index contributed by atoms with van der Waals surface area (Å²) in [4.78, 5) is 24.2. The van der Waals surface area contributed by atoms with Crippen molar-refractivity contribution in [2.45, 2.75) is 33.2 Å². The first-order chi connectivity index (χ1) is 15.0. The van der Waals surface area contributed by atoms with Crippen molar-refractivity contribution in [3.63, 3.8) is 0 Å². The molecule has 0 bridgehead atoms. The van der Waals surface area contributed by atoms with Gasteiger partial charge in [-0.05, 0) is 49.9 Å². The van der Waals surface area contributed by atoms with Crippen molar-refractivity contribution in [1.82, 2.24) is 14.9 Å². The maximum absolute atomic E-state index is 13.3. The van der Waals surface area contributed by atoms with Crippen LogP contribution in [0.5, 0.6) is 0 Å². The Morgan fingerprint density at radius 1 is 1.26 bits per heavy atom. The third-order valence-electron chi connectivity index (χ3n) is 5.59. The van der Waals surface area contributed by atoms with E-state index in [0.29, 0.717) is 35.2 Å². The first kappa shape index (κ1) is 20.6. The number of carbonyl (C=O) groups is 1. The lowest BCUT2D eigenvalue weighted by molar-refractivity contribution is 0.0697. The molecule has 1 amide bonds. The van der Waals surface area contributed by atoms with Crippen LogP contribution in [-0.4, -0.2) is 33.9 Å². The Bertz CT molecular complexity index is 1110. The molecule has 0 unspecified atom stereocenters. The van der Waals surface area contributed by atoms with E-state index >= 15 is 0 Å². The Labute approximate surface area is 183 Å². The van der Waals surface area contributed by atoms with Gasteiger partial charge in [0, 0.05) is 26.3 Å². The van der Waals surface area contributed by atoms with Crippen LogP contribution in [0.3, 0.4) is 0 Å². The number of rotatable bonds is 5. The maximum atomic E-state index is 13.3. The smallest absolute Gasteiger partial charge is 0.257 e. The third-order valence-corrected chi connectivity index (χ3v) is 5.59. The lowest BCUT2D eigenvalue weighted by Crippen LogP contribution is -2.38. The number of aryl methyl sites for hydroxylation is 1. The van der Waals surface area contributed by atoms with E-state index in [-0.39, 0.29) is 7.33 Å². The number of furan rings is 1. The Balaban J connectivity index is 0.00000289. The quantitative estimate of drug-likeness (QED) is 0.649. The number of benzene rings is 1. The molecular weight excluding hydrogens is 390 g/mol. The van der Waals surface area contributed by atoms with Crippen LogP contribution < -0.4 is 5.32 Å². The van der Waals surface area contributed by atoms with Gasteiger partial charge in [-0.25, -0.2) is 9.97 Å². The van der Waals surface area contributed by atoms with E-state index in [1.54, 1.807) is 18.3 Å². The molecule has 1 aromatic carbocycles. The fourth-order valence-corrected chi connectivity index (χ4v) is 3.67. The molecule has 3 heterocycles. The Morgan fingerprint density at radius 2 is 2.00 bits per heavy atom. The van der Waals surface area contributed by atoms with Crippen molar-refractivity contribution in [3.8, 4) is 17.3 Å². The molecule has 1 saturated heterocycles. The van der Waals surface area contributed by atoms with Crippen molar-refractivity contribution in [2.75, 3.05) is 18.4 Å². The molecule has 7 nitrogen and oxygen atoms in total. The van der Waals surface area contributed by atoms with Gasteiger partial charge in [-0.15, -0.1) is 0 Å². The molecule has 3 aromatic rings. The highest BCUT2D eigenvalue weighted by Crippen LogP contribution is 2.26. The molecule has 1 aliphatic heterocycles. The summed E-state index contributed by atoms with van der Waals surface area (Å²) in [7, 11) is 0. The van der Waals surface area contributed by atoms with Gasteiger partial charge < -0.3 is 14.6 Å². The van der Waals surface area contributed by atoms with E-state index in [1.165, 1.54) is 0 Å². The van der Waals surface area contributed by atoms with Gasteiger partial charge in [0.15, 0.2) is 0 Å². The second-order valence-corrected chi connectivity index (χ2v) is 7.99. The molecular formula is C24H27N5O2. The predicted molar refractivity (Wildman–Crippen MR) is 119 cm³/mol. The summed E-state index contributed by atoms with van der Waals surface area (Å²) in [5.74, 6) is 2.61. The van der Waals surface area contributed by atoms with Crippen LogP contribution >= 0.6 is 0 Å². The summed E-state index contributed by atoms with van der Waals surface area (Å²) in [6.07, 6.45) is 3.60. The minimum Gasteiger partial charge on any atom is -0.465 e. The van der Waals surface area contributed by atoms with E-state index in [0.717, 1.165) is 43.0 Å². The topological polar surface area (TPSA) is 95.1 Å². The number of likely N-dealkylation sites (tertiary alicyclic amines) is 1. The second kappa shape index (κ2) is 9.00. The lowest BCUT2D eigenvalue weighted by Gasteiger charge is -2.30. The molecule has 1 aliphatic rings. The summed E-state index contributed by atoms with van der Waals surface area (Å²) in [6.45, 7) is 6.03. The van der Waals surface area contributed by atoms with Crippen molar-refractivity contribution < 1.29 is 10.6 Å². The van der Waals surface area contributed by atoms with E-state index in [9.17, 15) is 4.79 Å². The molecule has 0 radical (unpaired) electrons. The van der Waals surface area contributed by atoms with Crippen molar-refractivity contribution in [2.24, 2.45) is 5.92 Å². The highest BCUT2D eigenvalue weighted by Gasteiger charge is 2.25. The Morgan fingerprint density at radius 3 is 2.65 bits per heavy atom. The summed E-state index contributed by atoms with van der Waals surface area (Å²) in [6, 6.07) is 13.0. The number of nitrogens with zero attached hydrogens (tertiary/aromatic N) is 4. The number of aromatic nitrogens is 2. The largest absolute Gasteiger partial charge is 0.465 e. The van der Waals surface area contributed by atoms with Gasteiger partial charge in [0.25, 0.3) is 5.91 Å². The van der Waals surface area contributed by atoms with Crippen molar-refractivity contribution >= 4 is 11.9 Å². The molecule has 4 rings (SSSR count). The molecule has 0 saturated carbocycles. The number of amides is 1. The second-order valence-electron chi connectivity index (χ2n) is 7.99. The third kappa shape index (κ3) is 4.75. The summed E-state index contributed by atoms with van der Waals surface area (Å²) < 4.78 is 5.59. The van der Waals surface area contributed by atoms with Crippen molar-refractivity contribution in [1.29, 1.82) is 5.26 Å². The number of nitrogens with one attached hydrogen (secondary N) is 1. The van der Waals surface area contributed by atoms with E-state index < -0.39 is 0 Å². The monoisotopic (exact) mass is 417 g/mol. The number of nitriles is 1. The molecule has 0 atom stereocenters. The predicted octanol–water partition coefficient (Wildman–Crippen LogP) is 4.65. The first-order valence-corrected chi connectivity index (χ1v) is 10.5. The van der Waals surface area contributed by atoms with Crippen LogP contribution in [0.25, 0.3) is 11.3 Å². The first-order valence-electron chi connectivity index (χ1n) is 10.5. The average molecular weight is 418 g/mol.